The molecular formula is C27H28N6. The lowest BCUT2D eigenvalue weighted by Crippen LogP contribution is -2.16. The number of aromatic amines is 2. The van der Waals surface area contributed by atoms with Crippen molar-refractivity contribution in [3.05, 3.63) is 85.1 Å². The molecule has 4 aromatic rings. The highest BCUT2D eigenvalue weighted by molar-refractivity contribution is 5.94. The average Bonchev–Trinajstić information content (AvgIpc) is 3.59. The number of fused-ring (bicyclic) bond motifs is 2. The predicted molar refractivity (Wildman–Crippen MR) is 135 cm³/mol. The molecule has 0 aliphatic heterocycles. The van der Waals surface area contributed by atoms with Crippen molar-refractivity contribution in [2.45, 2.75) is 32.6 Å². The normalized spacial score (nSPS) is 15.4. The van der Waals surface area contributed by atoms with Gasteiger partial charge in [0.05, 0.1) is 28.6 Å². The number of rotatable bonds is 7. The van der Waals surface area contributed by atoms with E-state index in [9.17, 15) is 0 Å². The van der Waals surface area contributed by atoms with Crippen LogP contribution in [0.2, 0.25) is 0 Å². The number of hydrogen-bond donors (Lipinski definition) is 3. The number of aromatic nitrogens is 5. The van der Waals surface area contributed by atoms with E-state index in [0.29, 0.717) is 5.92 Å². The van der Waals surface area contributed by atoms with Crippen molar-refractivity contribution >= 4 is 27.5 Å². The number of H-pyrrole nitrogens is 2. The van der Waals surface area contributed by atoms with E-state index in [4.69, 9.17) is 4.98 Å². The van der Waals surface area contributed by atoms with Crippen molar-refractivity contribution in [1.82, 2.24) is 30.5 Å². The molecule has 4 aromatic heterocycles. The van der Waals surface area contributed by atoms with Gasteiger partial charge in [-0.3, -0.25) is 10.1 Å². The molecule has 0 amide bonds. The Morgan fingerprint density at radius 1 is 1.18 bits per heavy atom. The minimum Gasteiger partial charge on any atom is -0.359 e. The lowest BCUT2D eigenvalue weighted by molar-refractivity contribution is 0.607. The number of nitrogens with zero attached hydrogens (tertiary/aromatic N) is 3. The zero-order valence-electron chi connectivity index (χ0n) is 18.9. The quantitative estimate of drug-likeness (QED) is 0.298. The van der Waals surface area contributed by atoms with E-state index in [2.05, 4.69) is 56.9 Å². The molecule has 0 spiro atoms. The van der Waals surface area contributed by atoms with Crippen LogP contribution in [0, 0.1) is 5.92 Å². The van der Waals surface area contributed by atoms with E-state index in [1.807, 2.05) is 37.4 Å². The number of pyridine rings is 2. The molecule has 0 atom stereocenters. The monoisotopic (exact) mass is 436 g/mol. The largest absolute Gasteiger partial charge is 0.359 e. The van der Waals surface area contributed by atoms with Crippen molar-refractivity contribution in [2.75, 3.05) is 0 Å². The maximum absolute atomic E-state index is 4.97. The minimum absolute atomic E-state index is 0.539. The van der Waals surface area contributed by atoms with Crippen LogP contribution in [0.3, 0.4) is 0 Å². The first-order valence-corrected chi connectivity index (χ1v) is 11.4. The van der Waals surface area contributed by atoms with Gasteiger partial charge in [-0.2, -0.15) is 5.10 Å². The Kier molecular flexibility index (Phi) is 5.65. The summed E-state index contributed by atoms with van der Waals surface area (Å²) in [7, 11) is 0. The highest BCUT2D eigenvalue weighted by atomic mass is 15.1. The van der Waals surface area contributed by atoms with Gasteiger partial charge in [-0.25, -0.2) is 4.98 Å². The molecule has 0 saturated heterocycles. The van der Waals surface area contributed by atoms with E-state index in [-0.39, 0.29) is 0 Å². The van der Waals surface area contributed by atoms with Gasteiger partial charge < -0.3 is 10.3 Å². The summed E-state index contributed by atoms with van der Waals surface area (Å²) in [4.78, 5) is 12.6. The molecule has 1 aliphatic carbocycles. The molecule has 6 heteroatoms. The summed E-state index contributed by atoms with van der Waals surface area (Å²) in [5, 5.41) is 12.2. The number of allylic oxidation sites excluding steroid dienone is 5. The maximum Gasteiger partial charge on any atom is 0.135 e. The summed E-state index contributed by atoms with van der Waals surface area (Å²) in [5.41, 5.74) is 8.27. The molecule has 0 bridgehead atoms. The topological polar surface area (TPSA) is 82.3 Å². The molecule has 4 heterocycles. The van der Waals surface area contributed by atoms with Gasteiger partial charge in [0.25, 0.3) is 0 Å². The van der Waals surface area contributed by atoms with Crippen molar-refractivity contribution in [3.63, 3.8) is 0 Å². The fourth-order valence-electron chi connectivity index (χ4n) is 4.53. The van der Waals surface area contributed by atoms with Crippen LogP contribution in [-0.4, -0.2) is 25.1 Å². The maximum atomic E-state index is 4.97. The summed E-state index contributed by atoms with van der Waals surface area (Å²) in [6.07, 6.45) is 14.6. The summed E-state index contributed by atoms with van der Waals surface area (Å²) in [6, 6.07) is 8.09. The molecule has 0 radical (unpaired) electrons. The molecular weight excluding hydrogens is 408 g/mol. The Balaban J connectivity index is 1.47. The van der Waals surface area contributed by atoms with Gasteiger partial charge in [-0.15, -0.1) is 0 Å². The third-order valence-corrected chi connectivity index (χ3v) is 6.38. The molecule has 1 aliphatic rings. The van der Waals surface area contributed by atoms with Crippen LogP contribution >= 0.6 is 0 Å². The highest BCUT2D eigenvalue weighted by Crippen LogP contribution is 2.31. The first-order chi connectivity index (χ1) is 16.2. The van der Waals surface area contributed by atoms with E-state index >= 15 is 0 Å². The van der Waals surface area contributed by atoms with Crippen molar-refractivity contribution in [1.29, 1.82) is 0 Å². The van der Waals surface area contributed by atoms with Gasteiger partial charge in [0.1, 0.15) is 11.2 Å². The Bertz CT molecular complexity index is 1360. The second kappa shape index (κ2) is 8.90. The summed E-state index contributed by atoms with van der Waals surface area (Å²) in [6.45, 7) is 10.3. The van der Waals surface area contributed by atoms with Crippen molar-refractivity contribution in [2.24, 2.45) is 5.92 Å². The highest BCUT2D eigenvalue weighted by Gasteiger charge is 2.18. The molecule has 3 N–H and O–H groups in total. The average molecular weight is 437 g/mol. The van der Waals surface area contributed by atoms with Crippen LogP contribution in [0.1, 0.15) is 38.3 Å². The van der Waals surface area contributed by atoms with Crippen LogP contribution in [0.4, 0.5) is 0 Å². The Morgan fingerprint density at radius 2 is 2.03 bits per heavy atom. The number of nitrogens with one attached hydrogen (secondary N) is 3. The molecule has 0 aromatic carbocycles. The van der Waals surface area contributed by atoms with Gasteiger partial charge in [0.2, 0.25) is 0 Å². The van der Waals surface area contributed by atoms with E-state index in [0.717, 1.165) is 56.0 Å². The van der Waals surface area contributed by atoms with Crippen LogP contribution in [0.15, 0.2) is 79.4 Å². The van der Waals surface area contributed by atoms with Crippen molar-refractivity contribution < 1.29 is 0 Å². The Hall–Kier alpha value is -3.93. The summed E-state index contributed by atoms with van der Waals surface area (Å²) < 4.78 is 0. The zero-order chi connectivity index (χ0) is 22.8. The molecule has 1 saturated carbocycles. The molecule has 6 nitrogen and oxygen atoms in total. The van der Waals surface area contributed by atoms with E-state index < -0.39 is 0 Å². The number of hydrogen-bond acceptors (Lipinski definition) is 4. The predicted octanol–water partition coefficient (Wildman–Crippen LogP) is 6.27. The zero-order valence-corrected chi connectivity index (χ0v) is 18.9. The second-order valence-corrected chi connectivity index (χ2v) is 8.49. The molecule has 0 unspecified atom stereocenters. The van der Waals surface area contributed by atoms with Crippen molar-refractivity contribution in [3.8, 4) is 11.4 Å². The van der Waals surface area contributed by atoms with Gasteiger partial charge in [0, 0.05) is 23.0 Å². The molecule has 1 fully saturated rings. The third-order valence-electron chi connectivity index (χ3n) is 6.38. The third kappa shape index (κ3) is 4.12. The summed E-state index contributed by atoms with van der Waals surface area (Å²) in [5.74, 6) is 0.539. The van der Waals surface area contributed by atoms with E-state index in [1.165, 1.54) is 25.7 Å². The fraction of sp³-hybridized carbons (Fsp3) is 0.222. The lowest BCUT2D eigenvalue weighted by atomic mass is 10.0. The Morgan fingerprint density at radius 3 is 2.79 bits per heavy atom. The van der Waals surface area contributed by atoms with Gasteiger partial charge in [-0.1, -0.05) is 32.1 Å². The van der Waals surface area contributed by atoms with Gasteiger partial charge in [0.15, 0.2) is 0 Å². The smallest absolute Gasteiger partial charge is 0.135 e. The fourth-order valence-corrected chi connectivity index (χ4v) is 4.53. The van der Waals surface area contributed by atoms with Gasteiger partial charge >= 0.3 is 0 Å². The first kappa shape index (κ1) is 20.9. The van der Waals surface area contributed by atoms with E-state index in [1.54, 1.807) is 6.20 Å². The molecule has 166 valence electrons. The van der Waals surface area contributed by atoms with Crippen LogP contribution in [0.5, 0.6) is 0 Å². The van der Waals surface area contributed by atoms with Crippen LogP contribution in [0.25, 0.3) is 38.9 Å². The van der Waals surface area contributed by atoms with Crippen LogP contribution in [-0.2, 0) is 0 Å². The minimum atomic E-state index is 0.539. The first-order valence-electron chi connectivity index (χ1n) is 11.4. The molecule has 5 rings (SSSR count). The summed E-state index contributed by atoms with van der Waals surface area (Å²) >= 11 is 0. The lowest BCUT2D eigenvalue weighted by Gasteiger charge is -2.16. The second-order valence-electron chi connectivity index (χ2n) is 8.49. The SMILES string of the molecule is C=C/C(=C\C(=C/C)c1ccc2[nH]nc(-c3cc4ccncc4[nH]3)c2n1)NC(=C)C1CCCC1. The van der Waals surface area contributed by atoms with Gasteiger partial charge in [-0.05, 0) is 67.7 Å². The standard InChI is InChI=1S/C27H28N6/c1-4-18(14-21(5-2)29-17(3)19-8-6-7-9-19)22-10-11-23-26(31-22)27(33-32-23)24-15-20-12-13-28-16-25(20)30-24/h4-5,10-16,19,29-30H,2-3,6-9H2,1H3,(H,32,33)/b18-4+,21-14+. The van der Waals surface area contributed by atoms with Crippen LogP contribution < -0.4 is 5.32 Å². The molecule has 33 heavy (non-hydrogen) atoms. The Labute approximate surface area is 193 Å².